The zero-order valence-corrected chi connectivity index (χ0v) is 15.9. The molecule has 2 aromatic carbocycles. The lowest BCUT2D eigenvalue weighted by Crippen LogP contribution is -1.91. The van der Waals surface area contributed by atoms with E-state index in [-0.39, 0.29) is 5.78 Å². The minimum absolute atomic E-state index is 0.118. The largest absolute Gasteiger partial charge is 0.295 e. The van der Waals surface area contributed by atoms with E-state index in [1.54, 1.807) is 6.92 Å². The summed E-state index contributed by atoms with van der Waals surface area (Å²) in [7, 11) is 0. The molecule has 0 aliphatic heterocycles. The Hall–Kier alpha value is -1.89. The van der Waals surface area contributed by atoms with E-state index < -0.39 is 0 Å². The van der Waals surface area contributed by atoms with Gasteiger partial charge in [0.2, 0.25) is 0 Å². The maximum absolute atomic E-state index is 11.4. The summed E-state index contributed by atoms with van der Waals surface area (Å²) in [6.45, 7) is 3.88. The molecule has 1 heteroatoms. The van der Waals surface area contributed by atoms with E-state index in [0.717, 1.165) is 5.56 Å². The Kier molecular flexibility index (Phi) is 8.45. The van der Waals surface area contributed by atoms with Crippen LogP contribution < -0.4 is 0 Å². The van der Waals surface area contributed by atoms with Crippen LogP contribution in [0.4, 0.5) is 0 Å². The highest BCUT2D eigenvalue weighted by Gasteiger charge is 2.02. The number of hydrogen-bond acceptors (Lipinski definition) is 1. The van der Waals surface area contributed by atoms with Gasteiger partial charge in [-0.1, -0.05) is 100 Å². The minimum atomic E-state index is 0.118. The van der Waals surface area contributed by atoms with E-state index in [0.29, 0.717) is 0 Å². The van der Waals surface area contributed by atoms with E-state index in [9.17, 15) is 4.79 Å². The highest BCUT2D eigenvalue weighted by atomic mass is 16.1. The Labute approximate surface area is 153 Å². The molecule has 0 aliphatic rings. The molecule has 0 amide bonds. The highest BCUT2D eigenvalue weighted by Crippen LogP contribution is 2.21. The quantitative estimate of drug-likeness (QED) is 0.312. The number of Topliss-reactive ketones (excluding diaryl/α,β-unsaturated/α-hetero) is 1. The first-order chi connectivity index (χ1) is 12.2. The van der Waals surface area contributed by atoms with Gasteiger partial charge in [0.15, 0.2) is 5.78 Å². The van der Waals surface area contributed by atoms with Gasteiger partial charge >= 0.3 is 0 Å². The molecule has 0 aliphatic carbocycles. The zero-order chi connectivity index (χ0) is 17.9. The first kappa shape index (κ1) is 19.4. The van der Waals surface area contributed by atoms with E-state index in [1.165, 1.54) is 74.5 Å². The molecule has 0 bridgehead atoms. The number of carbonyl (C=O) groups is 1. The fraction of sp³-hybridized carbons (Fsp3) is 0.458. The number of unbranched alkanes of at least 4 members (excludes halogenated alkanes) is 7. The predicted molar refractivity (Wildman–Crippen MR) is 108 cm³/mol. The Bertz CT molecular complexity index is 622. The molecule has 2 rings (SSSR count). The number of ketones is 1. The van der Waals surface area contributed by atoms with Crippen molar-refractivity contribution in [3.05, 3.63) is 59.7 Å². The summed E-state index contributed by atoms with van der Waals surface area (Å²) in [4.78, 5) is 11.4. The standard InChI is InChI=1S/C24H32O/c1-3-4-5-6-7-8-9-10-11-21-12-14-23(15-13-21)24-18-16-22(17-19-24)20(2)25/h12-19H,3-11H2,1-2H3. The average molecular weight is 337 g/mol. The van der Waals surface area contributed by atoms with Crippen LogP contribution in [0.2, 0.25) is 0 Å². The van der Waals surface area contributed by atoms with Gasteiger partial charge in [0.25, 0.3) is 0 Å². The molecule has 25 heavy (non-hydrogen) atoms. The fourth-order valence-electron chi connectivity index (χ4n) is 3.22. The first-order valence-corrected chi connectivity index (χ1v) is 9.91. The lowest BCUT2D eigenvalue weighted by Gasteiger charge is -2.06. The summed E-state index contributed by atoms with van der Waals surface area (Å²) in [5.41, 5.74) is 4.59. The van der Waals surface area contributed by atoms with Gasteiger partial charge in [0.1, 0.15) is 0 Å². The van der Waals surface area contributed by atoms with Gasteiger partial charge in [-0.2, -0.15) is 0 Å². The molecule has 134 valence electrons. The molecule has 1 nitrogen and oxygen atoms in total. The van der Waals surface area contributed by atoms with E-state index in [4.69, 9.17) is 0 Å². The van der Waals surface area contributed by atoms with Crippen molar-refractivity contribution in [2.24, 2.45) is 0 Å². The normalized spacial score (nSPS) is 10.8. The van der Waals surface area contributed by atoms with Gasteiger partial charge in [0.05, 0.1) is 0 Å². The van der Waals surface area contributed by atoms with Crippen LogP contribution in [0.25, 0.3) is 11.1 Å². The van der Waals surface area contributed by atoms with E-state index in [1.807, 2.05) is 24.3 Å². The molecule has 0 fully saturated rings. The number of carbonyl (C=O) groups excluding carboxylic acids is 1. The third kappa shape index (κ3) is 6.86. The smallest absolute Gasteiger partial charge is 0.159 e. The van der Waals surface area contributed by atoms with Gasteiger partial charge in [-0.15, -0.1) is 0 Å². The number of rotatable bonds is 11. The summed E-state index contributed by atoms with van der Waals surface area (Å²) in [6, 6.07) is 16.8. The maximum Gasteiger partial charge on any atom is 0.159 e. The van der Waals surface area contributed by atoms with Crippen molar-refractivity contribution in [3.63, 3.8) is 0 Å². The van der Waals surface area contributed by atoms with Gasteiger partial charge in [-0.05, 0) is 36.5 Å². The summed E-state index contributed by atoms with van der Waals surface area (Å²) >= 11 is 0. The topological polar surface area (TPSA) is 17.1 Å². The summed E-state index contributed by atoms with van der Waals surface area (Å²) < 4.78 is 0. The zero-order valence-electron chi connectivity index (χ0n) is 15.9. The Morgan fingerprint density at radius 1 is 0.680 bits per heavy atom. The molecule has 0 N–H and O–H groups in total. The van der Waals surface area contributed by atoms with Crippen LogP contribution in [0.1, 0.15) is 81.1 Å². The van der Waals surface area contributed by atoms with Crippen molar-refractivity contribution in [1.82, 2.24) is 0 Å². The Morgan fingerprint density at radius 3 is 1.68 bits per heavy atom. The van der Waals surface area contributed by atoms with Gasteiger partial charge in [0, 0.05) is 5.56 Å². The molecule has 0 saturated heterocycles. The van der Waals surface area contributed by atoms with Crippen molar-refractivity contribution < 1.29 is 4.79 Å². The van der Waals surface area contributed by atoms with Crippen molar-refractivity contribution in [2.45, 2.75) is 71.6 Å². The molecule has 0 spiro atoms. The Morgan fingerprint density at radius 2 is 1.16 bits per heavy atom. The second-order valence-electron chi connectivity index (χ2n) is 7.06. The lowest BCUT2D eigenvalue weighted by molar-refractivity contribution is 0.101. The Balaban J connectivity index is 1.73. The molecule has 0 heterocycles. The highest BCUT2D eigenvalue weighted by molar-refractivity contribution is 5.94. The molecule has 0 unspecified atom stereocenters. The van der Waals surface area contributed by atoms with Crippen molar-refractivity contribution in [3.8, 4) is 11.1 Å². The third-order valence-corrected chi connectivity index (χ3v) is 4.90. The molecule has 0 radical (unpaired) electrons. The first-order valence-electron chi connectivity index (χ1n) is 9.91. The fourth-order valence-corrected chi connectivity index (χ4v) is 3.22. The second kappa shape index (κ2) is 10.9. The molecular weight excluding hydrogens is 304 g/mol. The number of aryl methyl sites for hydroxylation is 1. The maximum atomic E-state index is 11.4. The van der Waals surface area contributed by atoms with Crippen LogP contribution in [0, 0.1) is 0 Å². The summed E-state index contributed by atoms with van der Waals surface area (Å²) in [5.74, 6) is 0.118. The van der Waals surface area contributed by atoms with Crippen LogP contribution in [-0.4, -0.2) is 5.78 Å². The van der Waals surface area contributed by atoms with Crippen molar-refractivity contribution in [2.75, 3.05) is 0 Å². The molecule has 2 aromatic rings. The minimum Gasteiger partial charge on any atom is -0.295 e. The molecule has 0 saturated carbocycles. The number of hydrogen-bond donors (Lipinski definition) is 0. The number of benzene rings is 2. The summed E-state index contributed by atoms with van der Waals surface area (Å²) in [5, 5.41) is 0. The van der Waals surface area contributed by atoms with E-state index in [2.05, 4.69) is 31.2 Å². The third-order valence-electron chi connectivity index (χ3n) is 4.90. The van der Waals surface area contributed by atoms with Crippen molar-refractivity contribution in [1.29, 1.82) is 0 Å². The second-order valence-corrected chi connectivity index (χ2v) is 7.06. The molecular formula is C24H32O. The van der Waals surface area contributed by atoms with Gasteiger partial charge < -0.3 is 0 Å². The van der Waals surface area contributed by atoms with Crippen LogP contribution in [0.3, 0.4) is 0 Å². The van der Waals surface area contributed by atoms with Crippen LogP contribution >= 0.6 is 0 Å². The van der Waals surface area contributed by atoms with Crippen LogP contribution in [0.5, 0.6) is 0 Å². The van der Waals surface area contributed by atoms with E-state index >= 15 is 0 Å². The van der Waals surface area contributed by atoms with Gasteiger partial charge in [-0.25, -0.2) is 0 Å². The average Bonchev–Trinajstić information content (AvgIpc) is 2.64. The van der Waals surface area contributed by atoms with Gasteiger partial charge in [-0.3, -0.25) is 4.79 Å². The predicted octanol–water partition coefficient (Wildman–Crippen LogP) is 7.24. The van der Waals surface area contributed by atoms with Crippen LogP contribution in [0.15, 0.2) is 48.5 Å². The SMILES string of the molecule is CCCCCCCCCCc1ccc(-c2ccc(C(C)=O)cc2)cc1. The monoisotopic (exact) mass is 336 g/mol. The molecule has 0 atom stereocenters. The molecule has 0 aromatic heterocycles. The summed E-state index contributed by atoms with van der Waals surface area (Å²) in [6.07, 6.45) is 12.1. The van der Waals surface area contributed by atoms with Crippen molar-refractivity contribution >= 4 is 5.78 Å². The van der Waals surface area contributed by atoms with Crippen LogP contribution in [-0.2, 0) is 6.42 Å². The lowest BCUT2D eigenvalue weighted by atomic mass is 9.99.